The Kier molecular flexibility index (Phi) is 8.68. The van der Waals surface area contributed by atoms with Crippen molar-refractivity contribution in [1.29, 1.82) is 0 Å². The molecule has 0 aliphatic rings. The Labute approximate surface area is 178 Å². The molecule has 0 spiro atoms. The summed E-state index contributed by atoms with van der Waals surface area (Å²) in [4.78, 5) is 48.4. The molecule has 0 fully saturated rings. The number of likely N-dealkylation sites (N-methyl/N-ethyl adjacent to an activating group) is 1. The smallest absolute Gasteiger partial charge is 0.344 e. The van der Waals surface area contributed by atoms with Crippen molar-refractivity contribution in [3.8, 4) is 5.75 Å². The summed E-state index contributed by atoms with van der Waals surface area (Å²) in [7, 11) is 1.38. The quantitative estimate of drug-likeness (QED) is 0.459. The van der Waals surface area contributed by atoms with E-state index < -0.39 is 36.8 Å². The molecule has 0 radical (unpaired) electrons. The van der Waals surface area contributed by atoms with Crippen LogP contribution in [0.2, 0.25) is 0 Å². The second-order valence-electron chi connectivity index (χ2n) is 6.56. The first kappa shape index (κ1) is 23.5. The lowest BCUT2D eigenvalue weighted by Crippen LogP contribution is -2.37. The molecule has 0 aromatic heterocycles. The lowest BCUT2D eigenvalue weighted by atomic mass is 10.1. The van der Waals surface area contributed by atoms with E-state index in [-0.39, 0.29) is 12.3 Å². The van der Waals surface area contributed by atoms with Crippen LogP contribution < -0.4 is 10.1 Å². The largest absolute Gasteiger partial charge is 0.482 e. The molecule has 164 valence electrons. The third-order valence-electron chi connectivity index (χ3n) is 4.15. The molecule has 0 unspecified atom stereocenters. The Balaban J connectivity index is 1.70. The molecule has 2 aromatic rings. The van der Waals surface area contributed by atoms with Crippen LogP contribution in [0, 0.1) is 5.82 Å². The Morgan fingerprint density at radius 3 is 2.23 bits per heavy atom. The maximum absolute atomic E-state index is 12.9. The van der Waals surface area contributed by atoms with Crippen LogP contribution in [0.4, 0.5) is 10.1 Å². The number of carbonyl (C=O) groups excluding carboxylic acids is 4. The van der Waals surface area contributed by atoms with E-state index in [4.69, 9.17) is 9.47 Å². The number of hydrogen-bond acceptors (Lipinski definition) is 6. The van der Waals surface area contributed by atoms with E-state index in [2.05, 4.69) is 5.32 Å². The molecule has 0 bridgehead atoms. The summed E-state index contributed by atoms with van der Waals surface area (Å²) in [5.74, 6) is -1.87. The fraction of sp³-hybridized carbons (Fsp3) is 0.273. The third-order valence-corrected chi connectivity index (χ3v) is 4.15. The Morgan fingerprint density at radius 2 is 1.61 bits per heavy atom. The van der Waals surface area contributed by atoms with Crippen molar-refractivity contribution in [2.75, 3.05) is 32.1 Å². The summed E-state index contributed by atoms with van der Waals surface area (Å²) < 4.78 is 23.0. The molecular formula is C22H23FN2O6. The van der Waals surface area contributed by atoms with E-state index in [0.29, 0.717) is 23.4 Å². The topological polar surface area (TPSA) is 102 Å². The Hall–Kier alpha value is -3.75. The predicted molar refractivity (Wildman–Crippen MR) is 110 cm³/mol. The highest BCUT2D eigenvalue weighted by atomic mass is 19.1. The second kappa shape index (κ2) is 11.4. The molecule has 0 aliphatic heterocycles. The van der Waals surface area contributed by atoms with Crippen molar-refractivity contribution in [2.24, 2.45) is 0 Å². The number of halogens is 1. The number of ketones is 1. The predicted octanol–water partition coefficient (Wildman–Crippen LogP) is 2.44. The van der Waals surface area contributed by atoms with Crippen molar-refractivity contribution < 1.29 is 33.0 Å². The fourth-order valence-corrected chi connectivity index (χ4v) is 2.41. The zero-order valence-electron chi connectivity index (χ0n) is 17.2. The van der Waals surface area contributed by atoms with Gasteiger partial charge in [-0.2, -0.15) is 0 Å². The Bertz CT molecular complexity index is 928. The number of anilines is 1. The molecule has 9 heteroatoms. The zero-order chi connectivity index (χ0) is 22.8. The normalized spacial score (nSPS) is 10.2. The summed E-state index contributed by atoms with van der Waals surface area (Å²) in [6, 6.07) is 11.5. The first-order valence-electron chi connectivity index (χ1n) is 9.49. The van der Waals surface area contributed by atoms with Gasteiger partial charge in [0.05, 0.1) is 6.54 Å². The number of ether oxygens (including phenoxy) is 2. The van der Waals surface area contributed by atoms with Gasteiger partial charge in [-0.25, -0.2) is 9.18 Å². The highest BCUT2D eigenvalue weighted by Gasteiger charge is 2.16. The summed E-state index contributed by atoms with van der Waals surface area (Å²) in [6.07, 6.45) is 0.392. The van der Waals surface area contributed by atoms with E-state index in [1.54, 1.807) is 31.2 Å². The lowest BCUT2D eigenvalue weighted by Gasteiger charge is -2.17. The minimum Gasteiger partial charge on any atom is -0.482 e. The molecule has 1 N–H and O–H groups in total. The van der Waals surface area contributed by atoms with Crippen LogP contribution in [0.5, 0.6) is 5.75 Å². The van der Waals surface area contributed by atoms with Crippen molar-refractivity contribution in [3.05, 3.63) is 59.9 Å². The number of amides is 2. The van der Waals surface area contributed by atoms with E-state index in [1.165, 1.54) is 31.3 Å². The summed E-state index contributed by atoms with van der Waals surface area (Å²) in [5, 5.41) is 2.52. The number of benzene rings is 2. The van der Waals surface area contributed by atoms with Gasteiger partial charge in [0.1, 0.15) is 11.6 Å². The molecule has 0 saturated heterocycles. The van der Waals surface area contributed by atoms with Crippen molar-refractivity contribution in [1.82, 2.24) is 4.90 Å². The average molecular weight is 430 g/mol. The maximum atomic E-state index is 12.9. The van der Waals surface area contributed by atoms with Crippen LogP contribution in [0.1, 0.15) is 23.7 Å². The lowest BCUT2D eigenvalue weighted by molar-refractivity contribution is -0.153. The van der Waals surface area contributed by atoms with Gasteiger partial charge in [0.2, 0.25) is 5.91 Å². The number of Topliss-reactive ketones (excluding diaryl/α,β-unsaturated/α-hetero) is 1. The van der Waals surface area contributed by atoms with Crippen molar-refractivity contribution in [2.45, 2.75) is 13.3 Å². The first-order chi connectivity index (χ1) is 14.8. The SMILES string of the molecule is CCC(=O)c1ccc(OCC(=O)OCC(=O)N(C)CC(=O)Nc2ccc(F)cc2)cc1. The van der Waals surface area contributed by atoms with Crippen LogP contribution in [0.15, 0.2) is 48.5 Å². The first-order valence-corrected chi connectivity index (χ1v) is 9.49. The van der Waals surface area contributed by atoms with Gasteiger partial charge in [-0.15, -0.1) is 0 Å². The molecule has 0 aliphatic carbocycles. The highest BCUT2D eigenvalue weighted by Crippen LogP contribution is 2.13. The van der Waals surface area contributed by atoms with Crippen LogP contribution >= 0.6 is 0 Å². The van der Waals surface area contributed by atoms with Gasteiger partial charge in [-0.3, -0.25) is 14.4 Å². The van der Waals surface area contributed by atoms with E-state index in [0.717, 1.165) is 4.90 Å². The molecule has 0 atom stereocenters. The zero-order valence-corrected chi connectivity index (χ0v) is 17.2. The third kappa shape index (κ3) is 7.88. The van der Waals surface area contributed by atoms with E-state index in [1.807, 2.05) is 0 Å². The molecule has 2 rings (SSSR count). The minimum atomic E-state index is -0.758. The molecule has 0 saturated carbocycles. The van der Waals surface area contributed by atoms with Gasteiger partial charge in [-0.05, 0) is 48.5 Å². The number of carbonyl (C=O) groups is 4. The molecular weight excluding hydrogens is 407 g/mol. The van der Waals surface area contributed by atoms with E-state index in [9.17, 15) is 23.6 Å². The van der Waals surface area contributed by atoms with Gasteiger partial charge in [0.25, 0.3) is 5.91 Å². The second-order valence-corrected chi connectivity index (χ2v) is 6.56. The van der Waals surface area contributed by atoms with Crippen LogP contribution in [0.25, 0.3) is 0 Å². The highest BCUT2D eigenvalue weighted by molar-refractivity contribution is 5.96. The van der Waals surface area contributed by atoms with Crippen molar-refractivity contribution in [3.63, 3.8) is 0 Å². The van der Waals surface area contributed by atoms with Gasteiger partial charge >= 0.3 is 5.97 Å². The van der Waals surface area contributed by atoms with Crippen LogP contribution in [-0.4, -0.2) is 55.3 Å². The molecule has 31 heavy (non-hydrogen) atoms. The standard InChI is InChI=1S/C22H23FN2O6/c1-3-19(26)15-4-10-18(11-5-15)30-14-22(29)31-13-21(28)25(2)12-20(27)24-17-8-6-16(23)7-9-17/h4-11H,3,12-14H2,1-2H3,(H,24,27). The summed E-state index contributed by atoms with van der Waals surface area (Å²) in [5.41, 5.74) is 0.942. The van der Waals surface area contributed by atoms with Gasteiger partial charge in [-0.1, -0.05) is 6.92 Å². The summed E-state index contributed by atoms with van der Waals surface area (Å²) >= 11 is 0. The Morgan fingerprint density at radius 1 is 0.968 bits per heavy atom. The monoisotopic (exact) mass is 430 g/mol. The van der Waals surface area contributed by atoms with Crippen molar-refractivity contribution >= 4 is 29.3 Å². The van der Waals surface area contributed by atoms with Gasteiger partial charge in [0, 0.05) is 24.7 Å². The van der Waals surface area contributed by atoms with Gasteiger partial charge in [0.15, 0.2) is 19.0 Å². The molecule has 8 nitrogen and oxygen atoms in total. The average Bonchev–Trinajstić information content (AvgIpc) is 2.77. The summed E-state index contributed by atoms with van der Waals surface area (Å²) in [6.45, 7) is 0.530. The van der Waals surface area contributed by atoms with E-state index >= 15 is 0 Å². The number of nitrogens with zero attached hydrogens (tertiary/aromatic N) is 1. The molecule has 2 aromatic carbocycles. The van der Waals surface area contributed by atoms with Gasteiger partial charge < -0.3 is 19.7 Å². The number of esters is 1. The number of nitrogens with one attached hydrogen (secondary N) is 1. The number of hydrogen-bond donors (Lipinski definition) is 1. The minimum absolute atomic E-state index is 0.0000562. The van der Waals surface area contributed by atoms with Crippen LogP contribution in [0.3, 0.4) is 0 Å². The fourth-order valence-electron chi connectivity index (χ4n) is 2.41. The number of rotatable bonds is 10. The maximum Gasteiger partial charge on any atom is 0.344 e. The molecule has 0 heterocycles. The molecule has 2 amide bonds. The van der Waals surface area contributed by atoms with Crippen LogP contribution in [-0.2, 0) is 19.1 Å².